The van der Waals surface area contributed by atoms with E-state index in [1.807, 2.05) is 35.8 Å². The summed E-state index contributed by atoms with van der Waals surface area (Å²) in [6.45, 7) is 7.75. The fourth-order valence-corrected chi connectivity index (χ4v) is 5.66. The standard InChI is InChI=1S/C24H34N2O3/c1-18-15-19(2)17-20(16-18)22(27)26-12-6-7-24(8-13-29-14-9-24)21(26)23(28)25-10-4-3-5-11-25/h15-17,21H,3-14H2,1-2H3. The molecule has 1 aromatic carbocycles. The van der Waals surface area contributed by atoms with Crippen LogP contribution in [0.15, 0.2) is 18.2 Å². The van der Waals surface area contributed by atoms with E-state index in [4.69, 9.17) is 4.74 Å². The Hall–Kier alpha value is -1.88. The third-order valence-electron chi connectivity index (χ3n) is 7.09. The van der Waals surface area contributed by atoms with Gasteiger partial charge in [0.15, 0.2) is 0 Å². The van der Waals surface area contributed by atoms with Crippen molar-refractivity contribution in [3.05, 3.63) is 34.9 Å². The number of rotatable bonds is 2. The molecule has 5 heteroatoms. The lowest BCUT2D eigenvalue weighted by Gasteiger charge is -2.52. The minimum absolute atomic E-state index is 0.0118. The number of ether oxygens (including phenoxy) is 1. The number of amides is 2. The molecule has 3 aliphatic rings. The fourth-order valence-electron chi connectivity index (χ4n) is 5.66. The Morgan fingerprint density at radius 3 is 2.21 bits per heavy atom. The highest BCUT2D eigenvalue weighted by Gasteiger charge is 2.51. The monoisotopic (exact) mass is 398 g/mol. The molecule has 0 radical (unpaired) electrons. The normalized spacial score (nSPS) is 24.6. The molecule has 3 saturated heterocycles. The van der Waals surface area contributed by atoms with Crippen LogP contribution in [0.3, 0.4) is 0 Å². The van der Waals surface area contributed by atoms with Crippen molar-refractivity contribution in [3.63, 3.8) is 0 Å². The summed E-state index contributed by atoms with van der Waals surface area (Å²) in [6, 6.07) is 5.65. The molecule has 1 spiro atoms. The molecule has 0 saturated carbocycles. The Bertz CT molecular complexity index is 738. The Labute approximate surface area is 174 Å². The number of carbonyl (C=O) groups is 2. The van der Waals surface area contributed by atoms with Crippen LogP contribution in [0.5, 0.6) is 0 Å². The molecule has 5 nitrogen and oxygen atoms in total. The van der Waals surface area contributed by atoms with Crippen molar-refractivity contribution in [3.8, 4) is 0 Å². The minimum atomic E-state index is -0.355. The predicted molar refractivity (Wildman–Crippen MR) is 113 cm³/mol. The summed E-state index contributed by atoms with van der Waals surface area (Å²) in [5.41, 5.74) is 2.75. The van der Waals surface area contributed by atoms with Crippen LogP contribution in [0.2, 0.25) is 0 Å². The van der Waals surface area contributed by atoms with Crippen LogP contribution in [0.4, 0.5) is 0 Å². The summed E-state index contributed by atoms with van der Waals surface area (Å²) in [5, 5.41) is 0. The highest BCUT2D eigenvalue weighted by atomic mass is 16.5. The van der Waals surface area contributed by atoms with Crippen LogP contribution in [-0.4, -0.2) is 60.5 Å². The maximum absolute atomic E-state index is 13.8. The van der Waals surface area contributed by atoms with E-state index in [0.717, 1.165) is 62.7 Å². The average molecular weight is 399 g/mol. The number of aryl methyl sites for hydroxylation is 2. The second kappa shape index (κ2) is 8.47. The summed E-state index contributed by atoms with van der Waals surface area (Å²) in [4.78, 5) is 31.4. The molecule has 3 aliphatic heterocycles. The van der Waals surface area contributed by atoms with Gasteiger partial charge in [0.2, 0.25) is 5.91 Å². The van der Waals surface area contributed by atoms with Gasteiger partial charge in [-0.05, 0) is 70.9 Å². The first-order chi connectivity index (χ1) is 14.0. The first kappa shape index (κ1) is 20.4. The minimum Gasteiger partial charge on any atom is -0.381 e. The van der Waals surface area contributed by atoms with Crippen LogP contribution in [0.1, 0.15) is 66.4 Å². The van der Waals surface area contributed by atoms with Gasteiger partial charge in [-0.2, -0.15) is 0 Å². The molecule has 3 fully saturated rings. The van der Waals surface area contributed by atoms with Crippen molar-refractivity contribution in [2.75, 3.05) is 32.8 Å². The molecular weight excluding hydrogens is 364 g/mol. The fraction of sp³-hybridized carbons (Fsp3) is 0.667. The van der Waals surface area contributed by atoms with Gasteiger partial charge < -0.3 is 14.5 Å². The van der Waals surface area contributed by atoms with Gasteiger partial charge in [-0.1, -0.05) is 17.2 Å². The zero-order valence-electron chi connectivity index (χ0n) is 17.9. The number of piperidine rings is 2. The van der Waals surface area contributed by atoms with Gasteiger partial charge in [-0.15, -0.1) is 0 Å². The molecule has 4 rings (SSSR count). The molecule has 0 aromatic heterocycles. The Balaban J connectivity index is 1.69. The van der Waals surface area contributed by atoms with Crippen LogP contribution in [0, 0.1) is 19.3 Å². The molecular formula is C24H34N2O3. The molecule has 29 heavy (non-hydrogen) atoms. The first-order valence-corrected chi connectivity index (χ1v) is 11.3. The maximum atomic E-state index is 13.8. The van der Waals surface area contributed by atoms with Gasteiger partial charge in [0.25, 0.3) is 5.91 Å². The second-order valence-corrected chi connectivity index (χ2v) is 9.24. The zero-order chi connectivity index (χ0) is 20.4. The zero-order valence-corrected chi connectivity index (χ0v) is 17.9. The Morgan fingerprint density at radius 2 is 1.55 bits per heavy atom. The highest BCUT2D eigenvalue weighted by Crippen LogP contribution is 2.45. The first-order valence-electron chi connectivity index (χ1n) is 11.3. The molecule has 0 bridgehead atoms. The van der Waals surface area contributed by atoms with Crippen LogP contribution >= 0.6 is 0 Å². The molecule has 1 unspecified atom stereocenters. The number of likely N-dealkylation sites (tertiary alicyclic amines) is 2. The molecule has 1 aromatic rings. The Kier molecular flexibility index (Phi) is 5.95. The van der Waals surface area contributed by atoms with E-state index in [2.05, 4.69) is 6.07 Å². The maximum Gasteiger partial charge on any atom is 0.254 e. The van der Waals surface area contributed by atoms with E-state index >= 15 is 0 Å². The Morgan fingerprint density at radius 1 is 0.897 bits per heavy atom. The summed E-state index contributed by atoms with van der Waals surface area (Å²) in [5.74, 6) is 0.182. The van der Waals surface area contributed by atoms with Gasteiger partial charge in [0.05, 0.1) is 0 Å². The van der Waals surface area contributed by atoms with E-state index in [9.17, 15) is 9.59 Å². The highest BCUT2D eigenvalue weighted by molar-refractivity contribution is 5.98. The largest absolute Gasteiger partial charge is 0.381 e. The van der Waals surface area contributed by atoms with Gasteiger partial charge in [-0.25, -0.2) is 0 Å². The number of hydrogen-bond donors (Lipinski definition) is 0. The van der Waals surface area contributed by atoms with E-state index < -0.39 is 0 Å². The molecule has 0 N–H and O–H groups in total. The summed E-state index contributed by atoms with van der Waals surface area (Å²) < 4.78 is 5.65. The third kappa shape index (κ3) is 4.07. The lowest BCUT2D eigenvalue weighted by Crippen LogP contribution is -2.63. The SMILES string of the molecule is Cc1cc(C)cc(C(=O)N2CCCC3(CCOCC3)C2C(=O)N2CCCCC2)c1. The van der Waals surface area contributed by atoms with Gasteiger partial charge in [0, 0.05) is 43.8 Å². The van der Waals surface area contributed by atoms with Gasteiger partial charge in [-0.3, -0.25) is 9.59 Å². The molecule has 158 valence electrons. The van der Waals surface area contributed by atoms with Crippen molar-refractivity contribution in [2.24, 2.45) is 5.41 Å². The van der Waals surface area contributed by atoms with Gasteiger partial charge in [0.1, 0.15) is 6.04 Å². The predicted octanol–water partition coefficient (Wildman–Crippen LogP) is 3.72. The topological polar surface area (TPSA) is 49.9 Å². The number of hydrogen-bond acceptors (Lipinski definition) is 3. The summed E-state index contributed by atoms with van der Waals surface area (Å²) >= 11 is 0. The molecule has 2 amide bonds. The quantitative estimate of drug-likeness (QED) is 0.763. The van der Waals surface area contributed by atoms with Crippen molar-refractivity contribution in [1.82, 2.24) is 9.80 Å². The third-order valence-corrected chi connectivity index (χ3v) is 7.09. The number of carbonyl (C=O) groups excluding carboxylic acids is 2. The van der Waals surface area contributed by atoms with E-state index in [1.54, 1.807) is 0 Å². The van der Waals surface area contributed by atoms with Crippen LogP contribution in [-0.2, 0) is 9.53 Å². The molecule has 1 atom stereocenters. The molecule has 0 aliphatic carbocycles. The van der Waals surface area contributed by atoms with Crippen molar-refractivity contribution < 1.29 is 14.3 Å². The van der Waals surface area contributed by atoms with E-state index in [-0.39, 0.29) is 23.3 Å². The van der Waals surface area contributed by atoms with E-state index in [1.165, 1.54) is 6.42 Å². The van der Waals surface area contributed by atoms with Gasteiger partial charge >= 0.3 is 0 Å². The molecule has 3 heterocycles. The lowest BCUT2D eigenvalue weighted by molar-refractivity contribution is -0.149. The second-order valence-electron chi connectivity index (χ2n) is 9.24. The number of benzene rings is 1. The van der Waals surface area contributed by atoms with Crippen LogP contribution < -0.4 is 0 Å². The van der Waals surface area contributed by atoms with Crippen molar-refractivity contribution in [1.29, 1.82) is 0 Å². The summed E-state index contributed by atoms with van der Waals surface area (Å²) in [6.07, 6.45) is 7.04. The smallest absolute Gasteiger partial charge is 0.254 e. The number of nitrogens with zero attached hydrogens (tertiary/aromatic N) is 2. The average Bonchev–Trinajstić information content (AvgIpc) is 2.73. The van der Waals surface area contributed by atoms with Crippen molar-refractivity contribution in [2.45, 2.75) is 64.8 Å². The van der Waals surface area contributed by atoms with Crippen molar-refractivity contribution >= 4 is 11.8 Å². The van der Waals surface area contributed by atoms with Crippen LogP contribution in [0.25, 0.3) is 0 Å². The summed E-state index contributed by atoms with van der Waals surface area (Å²) in [7, 11) is 0. The van der Waals surface area contributed by atoms with E-state index in [0.29, 0.717) is 25.3 Å². The lowest BCUT2D eigenvalue weighted by atomic mass is 9.67.